The van der Waals surface area contributed by atoms with Crippen LogP contribution in [0, 0.1) is 0 Å². The van der Waals surface area contributed by atoms with Crippen molar-refractivity contribution in [1.82, 2.24) is 20.5 Å². The van der Waals surface area contributed by atoms with Gasteiger partial charge >= 0.3 is 6.18 Å². The Morgan fingerprint density at radius 3 is 2.31 bits per heavy atom. The first kappa shape index (κ1) is 24.2. The fraction of sp³-hybridized carbons (Fsp3) is 0.571. The molecule has 0 spiro atoms. The molecule has 11 heteroatoms. The van der Waals surface area contributed by atoms with Crippen molar-refractivity contribution in [2.75, 3.05) is 38.1 Å². The van der Waals surface area contributed by atoms with Crippen molar-refractivity contribution in [3.8, 4) is 0 Å². The molecular formula is C21H28F3N5O2S. The van der Waals surface area contributed by atoms with Crippen molar-refractivity contribution in [2.45, 2.75) is 45.5 Å². The maximum atomic E-state index is 13.8. The number of anilines is 1. The number of hydrogen-bond acceptors (Lipinski definition) is 6. The number of pyridine rings is 1. The van der Waals surface area contributed by atoms with Gasteiger partial charge in [0.1, 0.15) is 5.82 Å². The summed E-state index contributed by atoms with van der Waals surface area (Å²) in [4.78, 5) is 33.0. The number of nitrogens with zero attached hydrogens (tertiary/aromatic N) is 3. The van der Waals surface area contributed by atoms with Crippen molar-refractivity contribution in [1.29, 1.82) is 0 Å². The zero-order valence-electron chi connectivity index (χ0n) is 18.8. The third kappa shape index (κ3) is 4.68. The lowest BCUT2D eigenvalue weighted by Crippen LogP contribution is -2.61. The molecule has 1 aliphatic heterocycles. The molecule has 0 atom stereocenters. The Hall–Kier alpha value is -2.40. The molecule has 0 unspecified atom stereocenters. The first-order chi connectivity index (χ1) is 14.9. The highest BCUT2D eigenvalue weighted by Crippen LogP contribution is 2.40. The van der Waals surface area contributed by atoms with Crippen LogP contribution in [0.1, 0.15) is 43.6 Å². The Bertz CT molecular complexity index is 1010. The lowest BCUT2D eigenvalue weighted by Gasteiger charge is -2.43. The fourth-order valence-corrected chi connectivity index (χ4v) is 4.76. The molecule has 2 aromatic heterocycles. The average molecular weight is 472 g/mol. The van der Waals surface area contributed by atoms with Crippen LogP contribution < -0.4 is 15.5 Å². The lowest BCUT2D eigenvalue weighted by atomic mass is 9.99. The van der Waals surface area contributed by atoms with E-state index in [-0.39, 0.29) is 33.5 Å². The number of carbonyl (C=O) groups is 2. The second kappa shape index (κ2) is 8.86. The molecule has 3 rings (SSSR count). The summed E-state index contributed by atoms with van der Waals surface area (Å²) in [5, 5.41) is 6.78. The van der Waals surface area contributed by atoms with Crippen LogP contribution in [0.4, 0.5) is 19.0 Å². The molecule has 0 saturated carbocycles. The summed E-state index contributed by atoms with van der Waals surface area (Å²) in [7, 11) is 1.43. The van der Waals surface area contributed by atoms with Crippen LogP contribution >= 0.6 is 11.3 Å². The van der Waals surface area contributed by atoms with E-state index in [9.17, 15) is 22.8 Å². The van der Waals surface area contributed by atoms with Gasteiger partial charge < -0.3 is 15.5 Å². The van der Waals surface area contributed by atoms with E-state index in [1.807, 2.05) is 32.6 Å². The Morgan fingerprint density at radius 2 is 1.78 bits per heavy atom. The predicted molar refractivity (Wildman–Crippen MR) is 119 cm³/mol. The van der Waals surface area contributed by atoms with E-state index in [1.54, 1.807) is 4.90 Å². The summed E-state index contributed by atoms with van der Waals surface area (Å²) in [6.45, 7) is 9.27. The Labute approximate surface area is 189 Å². The first-order valence-corrected chi connectivity index (χ1v) is 11.3. The van der Waals surface area contributed by atoms with E-state index in [2.05, 4.69) is 15.6 Å². The minimum absolute atomic E-state index is 0.0138. The van der Waals surface area contributed by atoms with Crippen molar-refractivity contribution in [2.24, 2.45) is 0 Å². The van der Waals surface area contributed by atoms with Crippen molar-refractivity contribution >= 4 is 39.2 Å². The molecule has 2 aromatic rings. The number of alkyl halides is 3. The Morgan fingerprint density at radius 1 is 1.16 bits per heavy atom. The number of fused-ring (bicyclic) bond motifs is 1. The minimum atomic E-state index is -4.57. The number of rotatable bonds is 5. The van der Waals surface area contributed by atoms with E-state index in [1.165, 1.54) is 12.4 Å². The van der Waals surface area contributed by atoms with Crippen molar-refractivity contribution in [3.63, 3.8) is 0 Å². The summed E-state index contributed by atoms with van der Waals surface area (Å²) in [5.41, 5.74) is -1.36. The van der Waals surface area contributed by atoms with Gasteiger partial charge in [-0.15, -0.1) is 11.3 Å². The highest BCUT2D eigenvalue weighted by molar-refractivity contribution is 7.17. The van der Waals surface area contributed by atoms with Gasteiger partial charge in [0.25, 0.3) is 5.91 Å². The van der Waals surface area contributed by atoms with Gasteiger partial charge in [0.15, 0.2) is 0 Å². The highest BCUT2D eigenvalue weighted by atomic mass is 32.1. The molecule has 2 amide bonds. The molecule has 7 nitrogen and oxygen atoms in total. The van der Waals surface area contributed by atoms with Crippen LogP contribution in [0.3, 0.4) is 0 Å². The number of hydrogen-bond donors (Lipinski definition) is 2. The molecule has 0 bridgehead atoms. The molecule has 176 valence electrons. The van der Waals surface area contributed by atoms with E-state index in [0.717, 1.165) is 17.4 Å². The van der Waals surface area contributed by atoms with Crippen LogP contribution in [0.25, 0.3) is 10.2 Å². The summed E-state index contributed by atoms with van der Waals surface area (Å²) in [6, 6.07) is 1.07. The van der Waals surface area contributed by atoms with Crippen LogP contribution in [-0.2, 0) is 11.0 Å². The lowest BCUT2D eigenvalue weighted by molar-refractivity contribution is -0.136. The third-order valence-electron chi connectivity index (χ3n) is 5.66. The van der Waals surface area contributed by atoms with Gasteiger partial charge in [0.05, 0.1) is 26.9 Å². The summed E-state index contributed by atoms with van der Waals surface area (Å²) >= 11 is 0.864. The van der Waals surface area contributed by atoms with E-state index in [4.69, 9.17) is 0 Å². The number of aromatic nitrogens is 1. The molecule has 1 aliphatic rings. The molecule has 3 heterocycles. The van der Waals surface area contributed by atoms with Gasteiger partial charge in [-0.2, -0.15) is 13.2 Å². The number of halogens is 3. The molecule has 2 N–H and O–H groups in total. The zero-order chi connectivity index (χ0) is 23.8. The predicted octanol–water partition coefficient (Wildman–Crippen LogP) is 3.10. The van der Waals surface area contributed by atoms with Gasteiger partial charge in [0.2, 0.25) is 5.91 Å². The van der Waals surface area contributed by atoms with Gasteiger partial charge in [-0.05, 0) is 33.8 Å². The normalized spacial score (nSPS) is 16.0. The topological polar surface area (TPSA) is 77.6 Å². The van der Waals surface area contributed by atoms with E-state index < -0.39 is 23.2 Å². The molecule has 1 fully saturated rings. The quantitative estimate of drug-likeness (QED) is 0.701. The fourth-order valence-electron chi connectivity index (χ4n) is 3.74. The van der Waals surface area contributed by atoms with Crippen LogP contribution in [-0.4, -0.2) is 66.5 Å². The largest absolute Gasteiger partial charge is 0.417 e. The second-order valence-corrected chi connectivity index (χ2v) is 9.47. The van der Waals surface area contributed by atoms with E-state index >= 15 is 0 Å². The number of amides is 2. The SMILES string of the molecule is CNC(=O)c1csc2c(C(F)(F)F)cc(N3CCN(C(C)(C)C(=O)NC(C)C)CC3)nc12. The van der Waals surface area contributed by atoms with Gasteiger partial charge in [-0.1, -0.05) is 0 Å². The Balaban J connectivity index is 1.89. The summed E-state index contributed by atoms with van der Waals surface area (Å²) in [6.07, 6.45) is -4.57. The van der Waals surface area contributed by atoms with Gasteiger partial charge in [-0.3, -0.25) is 14.5 Å². The molecular weight excluding hydrogens is 443 g/mol. The second-order valence-electron chi connectivity index (χ2n) is 8.59. The zero-order valence-corrected chi connectivity index (χ0v) is 19.6. The highest BCUT2D eigenvalue weighted by Gasteiger charge is 2.38. The third-order valence-corrected chi connectivity index (χ3v) is 6.66. The number of thiophene rings is 1. The smallest absolute Gasteiger partial charge is 0.355 e. The van der Waals surface area contributed by atoms with Crippen LogP contribution in [0.15, 0.2) is 11.4 Å². The maximum Gasteiger partial charge on any atom is 0.417 e. The van der Waals surface area contributed by atoms with Crippen molar-refractivity contribution < 1.29 is 22.8 Å². The monoisotopic (exact) mass is 471 g/mol. The Kier molecular flexibility index (Phi) is 6.71. The molecule has 0 aromatic carbocycles. The number of piperazine rings is 1. The molecule has 32 heavy (non-hydrogen) atoms. The average Bonchev–Trinajstić information content (AvgIpc) is 3.15. The van der Waals surface area contributed by atoms with Gasteiger partial charge in [0, 0.05) is 44.6 Å². The molecule has 1 saturated heterocycles. The standard InChI is InChI=1S/C21H28F3N5O2S/c1-12(2)26-19(31)20(3,4)29-8-6-28(7-9-29)15-10-14(21(22,23)24)17-16(27-15)13(11-32-17)18(30)25-5/h10-12H,6-9H2,1-5H3,(H,25,30)(H,26,31). The van der Waals surface area contributed by atoms with Gasteiger partial charge in [-0.25, -0.2) is 4.98 Å². The molecule has 0 aliphatic carbocycles. The van der Waals surface area contributed by atoms with Crippen molar-refractivity contribution in [3.05, 3.63) is 22.6 Å². The number of nitrogens with one attached hydrogen (secondary N) is 2. The van der Waals surface area contributed by atoms with Crippen LogP contribution in [0.5, 0.6) is 0 Å². The molecule has 0 radical (unpaired) electrons. The van der Waals surface area contributed by atoms with E-state index in [0.29, 0.717) is 26.2 Å². The maximum absolute atomic E-state index is 13.8. The summed E-state index contributed by atoms with van der Waals surface area (Å²) in [5.74, 6) is -0.387. The summed E-state index contributed by atoms with van der Waals surface area (Å²) < 4.78 is 41.3. The van der Waals surface area contributed by atoms with Crippen LogP contribution in [0.2, 0.25) is 0 Å². The number of carbonyl (C=O) groups excluding carboxylic acids is 2. The minimum Gasteiger partial charge on any atom is -0.355 e. The first-order valence-electron chi connectivity index (χ1n) is 10.4.